The average Bonchev–Trinajstić information content (AvgIpc) is 2.93. The van der Waals surface area contributed by atoms with Gasteiger partial charge in [-0.1, -0.05) is 35.9 Å². The van der Waals surface area contributed by atoms with Crippen LogP contribution in [0.1, 0.15) is 58.6 Å². The zero-order chi connectivity index (χ0) is 29.5. The number of carbonyl (C=O) groups is 1. The van der Waals surface area contributed by atoms with Gasteiger partial charge in [0, 0.05) is 23.4 Å². The minimum Gasteiger partial charge on any atom is -0.489 e. The second kappa shape index (κ2) is 10.8. The quantitative estimate of drug-likeness (QED) is 0.351. The number of benzene rings is 3. The van der Waals surface area contributed by atoms with Gasteiger partial charge in [0.25, 0.3) is 0 Å². The highest BCUT2D eigenvalue weighted by molar-refractivity contribution is 6.01. The zero-order valence-electron chi connectivity index (χ0n) is 23.1. The zero-order valence-corrected chi connectivity index (χ0v) is 23.1. The third kappa shape index (κ3) is 5.32. The van der Waals surface area contributed by atoms with E-state index < -0.39 is 17.7 Å². The Morgan fingerprint density at radius 3 is 2.44 bits per heavy atom. The molecule has 1 aliphatic heterocycles. The first kappa shape index (κ1) is 28.0. The first-order chi connectivity index (χ1) is 19.5. The molecule has 210 valence electrons. The van der Waals surface area contributed by atoms with Crippen molar-refractivity contribution < 1.29 is 22.7 Å². The molecule has 1 unspecified atom stereocenters. The summed E-state index contributed by atoms with van der Waals surface area (Å²) in [6.07, 6.45) is -3.28. The van der Waals surface area contributed by atoms with Crippen LogP contribution in [0.2, 0.25) is 0 Å². The van der Waals surface area contributed by atoms with E-state index >= 15 is 0 Å². The Morgan fingerprint density at radius 2 is 1.76 bits per heavy atom. The normalized spacial score (nSPS) is 17.4. The van der Waals surface area contributed by atoms with Gasteiger partial charge in [0.1, 0.15) is 18.2 Å². The lowest BCUT2D eigenvalue weighted by molar-refractivity contribution is -0.137. The minimum atomic E-state index is -4.56. The summed E-state index contributed by atoms with van der Waals surface area (Å²) in [4.78, 5) is 15.0. The predicted octanol–water partition coefficient (Wildman–Crippen LogP) is 7.51. The Labute approximate surface area is 237 Å². The number of Topliss-reactive ketones (excluding diaryl/α,β-unsaturated/α-hetero) is 1. The number of anilines is 1. The van der Waals surface area contributed by atoms with Gasteiger partial charge in [0.05, 0.1) is 23.1 Å². The molecule has 1 atom stereocenters. The van der Waals surface area contributed by atoms with Crippen LogP contribution in [0, 0.1) is 32.1 Å². The van der Waals surface area contributed by atoms with Crippen molar-refractivity contribution in [1.82, 2.24) is 0 Å². The van der Waals surface area contributed by atoms with Crippen LogP contribution in [0.15, 0.2) is 83.3 Å². The number of allylic oxidation sites excluding steroid dienone is 3. The number of halogens is 3. The molecule has 2 N–H and O–H groups in total. The molecular formula is C33H30F3N3O2. The third-order valence-corrected chi connectivity index (χ3v) is 7.80. The van der Waals surface area contributed by atoms with Crippen molar-refractivity contribution in [2.45, 2.75) is 58.7 Å². The molecule has 1 aliphatic carbocycles. The topological polar surface area (TPSA) is 79.3 Å². The number of ether oxygens (including phenoxy) is 1. The van der Waals surface area contributed by atoms with Crippen molar-refractivity contribution >= 4 is 11.5 Å². The van der Waals surface area contributed by atoms with Crippen LogP contribution >= 0.6 is 0 Å². The smallest absolute Gasteiger partial charge is 0.416 e. The number of ketones is 1. The average molecular weight is 558 g/mol. The van der Waals surface area contributed by atoms with Gasteiger partial charge in [0.15, 0.2) is 5.78 Å². The Morgan fingerprint density at radius 1 is 1.02 bits per heavy atom. The monoisotopic (exact) mass is 557 g/mol. The summed E-state index contributed by atoms with van der Waals surface area (Å²) in [5.41, 5.74) is 11.7. The Hall–Kier alpha value is -4.51. The first-order valence-electron chi connectivity index (χ1n) is 13.4. The molecule has 0 saturated carbocycles. The first-order valence-corrected chi connectivity index (χ1v) is 13.4. The van der Waals surface area contributed by atoms with Crippen LogP contribution in [0.3, 0.4) is 0 Å². The number of nitrogens with zero attached hydrogens (tertiary/aromatic N) is 2. The van der Waals surface area contributed by atoms with Crippen LogP contribution in [-0.2, 0) is 17.6 Å². The van der Waals surface area contributed by atoms with E-state index in [2.05, 4.69) is 6.07 Å². The number of hydrogen-bond acceptors (Lipinski definition) is 5. The summed E-state index contributed by atoms with van der Waals surface area (Å²) < 4.78 is 46.7. The van der Waals surface area contributed by atoms with Crippen LogP contribution in [0.25, 0.3) is 0 Å². The van der Waals surface area contributed by atoms with Gasteiger partial charge in [-0.15, -0.1) is 0 Å². The summed E-state index contributed by atoms with van der Waals surface area (Å²) in [5, 5.41) is 10.4. The van der Waals surface area contributed by atoms with Gasteiger partial charge < -0.3 is 10.5 Å². The summed E-state index contributed by atoms with van der Waals surface area (Å²) in [7, 11) is 0. The Kier molecular flexibility index (Phi) is 7.39. The summed E-state index contributed by atoms with van der Waals surface area (Å²) in [6.45, 7) is 6.18. The molecule has 0 radical (unpaired) electrons. The second-order valence-electron chi connectivity index (χ2n) is 10.6. The maximum atomic E-state index is 13.6. The van der Waals surface area contributed by atoms with Gasteiger partial charge in [-0.25, -0.2) is 0 Å². The van der Waals surface area contributed by atoms with Crippen molar-refractivity contribution in [1.29, 1.82) is 5.26 Å². The van der Waals surface area contributed by atoms with Crippen LogP contribution in [-0.4, -0.2) is 5.78 Å². The molecule has 1 heterocycles. The number of hydrogen-bond donors (Lipinski definition) is 1. The molecule has 2 aliphatic rings. The van der Waals surface area contributed by atoms with Gasteiger partial charge in [0.2, 0.25) is 0 Å². The number of nitriles is 1. The highest BCUT2D eigenvalue weighted by Crippen LogP contribution is 2.47. The summed E-state index contributed by atoms with van der Waals surface area (Å²) in [5.74, 6) is -0.113. The highest BCUT2D eigenvalue weighted by atomic mass is 19.4. The number of alkyl halides is 3. The van der Waals surface area contributed by atoms with E-state index in [-0.39, 0.29) is 29.5 Å². The molecule has 0 fully saturated rings. The SMILES string of the molecule is Cc1ccc(OCc2cc(C3C(C#N)=C(N)N(c4cccc(C(F)(F)F)c4)C4=C3C(=O)CCC4)c(C)cc2C)cc1. The largest absolute Gasteiger partial charge is 0.489 e. The van der Waals surface area contributed by atoms with Crippen molar-refractivity contribution in [3.63, 3.8) is 0 Å². The molecule has 0 amide bonds. The molecule has 0 aromatic heterocycles. The number of aryl methyl sites for hydroxylation is 3. The predicted molar refractivity (Wildman–Crippen MR) is 151 cm³/mol. The van der Waals surface area contributed by atoms with E-state index in [1.807, 2.05) is 57.2 Å². The van der Waals surface area contributed by atoms with Crippen molar-refractivity contribution in [3.8, 4) is 11.8 Å². The van der Waals surface area contributed by atoms with E-state index in [9.17, 15) is 23.2 Å². The molecule has 5 nitrogen and oxygen atoms in total. The fraction of sp³-hybridized carbons (Fsp3) is 0.273. The van der Waals surface area contributed by atoms with Gasteiger partial charge in [-0.3, -0.25) is 9.69 Å². The maximum Gasteiger partial charge on any atom is 0.416 e. The molecule has 5 rings (SSSR count). The van der Waals surface area contributed by atoms with Crippen molar-refractivity contribution in [2.24, 2.45) is 5.73 Å². The fourth-order valence-electron chi connectivity index (χ4n) is 5.69. The van der Waals surface area contributed by atoms with E-state index in [1.54, 1.807) is 0 Å². The Bertz CT molecular complexity index is 1630. The van der Waals surface area contributed by atoms with E-state index in [0.29, 0.717) is 30.5 Å². The molecule has 41 heavy (non-hydrogen) atoms. The number of carbonyl (C=O) groups excluding carboxylic acids is 1. The van der Waals surface area contributed by atoms with Crippen molar-refractivity contribution in [3.05, 3.63) is 117 Å². The molecular weight excluding hydrogens is 527 g/mol. The molecule has 0 bridgehead atoms. The van der Waals surface area contributed by atoms with Gasteiger partial charge in [-0.05, 0) is 86.2 Å². The number of nitrogens with two attached hydrogens (primary N) is 1. The van der Waals surface area contributed by atoms with Crippen LogP contribution in [0.4, 0.5) is 18.9 Å². The van der Waals surface area contributed by atoms with Gasteiger partial charge in [-0.2, -0.15) is 18.4 Å². The van der Waals surface area contributed by atoms with Crippen LogP contribution in [0.5, 0.6) is 5.75 Å². The van der Waals surface area contributed by atoms with Crippen LogP contribution < -0.4 is 15.4 Å². The van der Waals surface area contributed by atoms with E-state index in [0.717, 1.165) is 45.7 Å². The van der Waals surface area contributed by atoms with E-state index in [1.165, 1.54) is 17.0 Å². The molecule has 8 heteroatoms. The molecule has 0 spiro atoms. The third-order valence-electron chi connectivity index (χ3n) is 7.80. The van der Waals surface area contributed by atoms with E-state index in [4.69, 9.17) is 10.5 Å². The van der Waals surface area contributed by atoms with Gasteiger partial charge >= 0.3 is 6.18 Å². The highest BCUT2D eigenvalue weighted by Gasteiger charge is 2.41. The number of rotatable bonds is 5. The maximum absolute atomic E-state index is 13.6. The lowest BCUT2D eigenvalue weighted by atomic mass is 9.74. The minimum absolute atomic E-state index is 0.0303. The molecule has 3 aromatic rings. The summed E-state index contributed by atoms with van der Waals surface area (Å²) in [6, 6.07) is 18.7. The molecule has 0 saturated heterocycles. The fourth-order valence-corrected chi connectivity index (χ4v) is 5.69. The van der Waals surface area contributed by atoms with Crippen molar-refractivity contribution in [2.75, 3.05) is 4.90 Å². The standard InChI is InChI=1S/C33H30F3N3O2/c1-19-10-12-25(13-11-19)41-18-22-15-26(21(3)14-20(22)2)30-27(17-37)32(38)39(28-8-5-9-29(40)31(28)30)24-7-4-6-23(16-24)33(34,35)36/h4,6-7,10-16,30H,5,8-9,18,38H2,1-3H3. The lowest BCUT2D eigenvalue weighted by Crippen LogP contribution is -2.39. The molecule has 3 aromatic carbocycles. The summed E-state index contributed by atoms with van der Waals surface area (Å²) >= 11 is 0. The Balaban J connectivity index is 1.63. The lowest BCUT2D eigenvalue weighted by Gasteiger charge is -2.40. The second-order valence-corrected chi connectivity index (χ2v) is 10.6.